The van der Waals surface area contributed by atoms with Gasteiger partial charge in [-0.1, -0.05) is 54.6 Å². The highest BCUT2D eigenvalue weighted by molar-refractivity contribution is 7.89. The maximum absolute atomic E-state index is 13.8. The number of hydrogen-bond donors (Lipinski definition) is 0. The number of carbonyl (C=O) groups is 1. The van der Waals surface area contributed by atoms with Gasteiger partial charge in [0, 0.05) is 23.4 Å². The van der Waals surface area contributed by atoms with E-state index in [1.807, 2.05) is 53.9 Å². The van der Waals surface area contributed by atoms with Crippen molar-refractivity contribution in [2.75, 3.05) is 33.9 Å². The Bertz CT molecular complexity index is 1530. The molecule has 4 rings (SSSR count). The molecular weight excluding hydrogens is 532 g/mol. The van der Waals surface area contributed by atoms with Gasteiger partial charge in [-0.15, -0.1) is 17.9 Å². The second-order valence-corrected chi connectivity index (χ2v) is 11.8. The smallest absolute Gasteiger partial charge is 0.244 e. The first-order valence-corrected chi connectivity index (χ1v) is 14.8. The van der Waals surface area contributed by atoms with Gasteiger partial charge in [-0.05, 0) is 47.0 Å². The van der Waals surface area contributed by atoms with Crippen LogP contribution in [0.25, 0.3) is 10.8 Å². The number of sulfonamides is 1. The molecule has 7 nitrogen and oxygen atoms in total. The highest BCUT2D eigenvalue weighted by atomic mass is 32.2. The molecule has 0 saturated heterocycles. The molecule has 0 fully saturated rings. The molecule has 9 heteroatoms. The Morgan fingerprint density at radius 2 is 1.74 bits per heavy atom. The second-order valence-electron chi connectivity index (χ2n) is 8.90. The number of ether oxygens (including phenoxy) is 2. The molecule has 4 aromatic rings. The zero-order valence-corrected chi connectivity index (χ0v) is 23.7. The van der Waals surface area contributed by atoms with Crippen LogP contribution >= 0.6 is 11.3 Å². The summed E-state index contributed by atoms with van der Waals surface area (Å²) < 4.78 is 39.6. The number of fused-ring (bicyclic) bond motifs is 1. The molecule has 204 valence electrons. The number of nitrogens with zero attached hydrogens (tertiary/aromatic N) is 2. The van der Waals surface area contributed by atoms with E-state index in [-0.39, 0.29) is 23.9 Å². The first-order chi connectivity index (χ1) is 18.9. The van der Waals surface area contributed by atoms with Crippen molar-refractivity contribution in [3.8, 4) is 11.5 Å². The Morgan fingerprint density at radius 3 is 2.46 bits per heavy atom. The van der Waals surface area contributed by atoms with Gasteiger partial charge in [0.05, 0.1) is 32.2 Å². The summed E-state index contributed by atoms with van der Waals surface area (Å²) in [6.45, 7) is 4.25. The standard InChI is InChI=1S/C30H32N2O5S2/c1-4-17-32(39(34,35)29-13-7-10-24-9-5-6-12-26(24)29)22-30(33)31(21-25-11-8-19-38-25)18-16-23-14-15-27(36-2)28(20-23)37-3/h4-15,19-20H,1,16-18,21-22H2,2-3H3. The molecule has 0 atom stereocenters. The molecule has 0 bridgehead atoms. The summed E-state index contributed by atoms with van der Waals surface area (Å²) in [7, 11) is -0.812. The number of benzene rings is 3. The van der Waals surface area contributed by atoms with E-state index >= 15 is 0 Å². The lowest BCUT2D eigenvalue weighted by Crippen LogP contribution is -2.43. The molecule has 0 unspecified atom stereocenters. The molecule has 39 heavy (non-hydrogen) atoms. The van der Waals surface area contributed by atoms with Crippen molar-refractivity contribution in [1.82, 2.24) is 9.21 Å². The van der Waals surface area contributed by atoms with Crippen molar-refractivity contribution in [3.63, 3.8) is 0 Å². The third kappa shape index (κ3) is 6.68. The van der Waals surface area contributed by atoms with Crippen molar-refractivity contribution >= 4 is 38.0 Å². The lowest BCUT2D eigenvalue weighted by atomic mass is 10.1. The van der Waals surface area contributed by atoms with Crippen molar-refractivity contribution in [3.05, 3.63) is 101 Å². The summed E-state index contributed by atoms with van der Waals surface area (Å²) in [4.78, 5) is 16.6. The largest absolute Gasteiger partial charge is 0.493 e. The molecule has 1 amide bonds. The zero-order chi connectivity index (χ0) is 27.8. The lowest BCUT2D eigenvalue weighted by molar-refractivity contribution is -0.131. The second kappa shape index (κ2) is 12.9. The zero-order valence-electron chi connectivity index (χ0n) is 22.1. The molecule has 0 aliphatic rings. The summed E-state index contributed by atoms with van der Waals surface area (Å²) in [5.41, 5.74) is 0.975. The Balaban J connectivity index is 1.59. The van der Waals surface area contributed by atoms with Crippen LogP contribution in [0.5, 0.6) is 11.5 Å². The van der Waals surface area contributed by atoms with E-state index in [0.717, 1.165) is 15.8 Å². The fraction of sp³-hybridized carbons (Fsp3) is 0.233. The summed E-state index contributed by atoms with van der Waals surface area (Å²) in [5, 5.41) is 3.39. The van der Waals surface area contributed by atoms with Crippen LogP contribution in [0.2, 0.25) is 0 Å². The normalized spacial score (nSPS) is 11.5. The minimum absolute atomic E-state index is 0.0137. The van der Waals surface area contributed by atoms with Crippen molar-refractivity contribution in [1.29, 1.82) is 0 Å². The fourth-order valence-electron chi connectivity index (χ4n) is 4.39. The van der Waals surface area contributed by atoms with E-state index in [2.05, 4.69) is 6.58 Å². The molecule has 0 radical (unpaired) electrons. The molecule has 0 saturated carbocycles. The third-order valence-corrected chi connectivity index (χ3v) is 9.14. The minimum Gasteiger partial charge on any atom is -0.493 e. The van der Waals surface area contributed by atoms with Crippen LogP contribution in [0, 0.1) is 0 Å². The molecule has 0 aliphatic heterocycles. The van der Waals surface area contributed by atoms with Gasteiger partial charge in [0.25, 0.3) is 0 Å². The predicted octanol–water partition coefficient (Wildman–Crippen LogP) is 5.37. The summed E-state index contributed by atoms with van der Waals surface area (Å²) in [6, 6.07) is 22.1. The minimum atomic E-state index is -3.98. The number of hydrogen-bond acceptors (Lipinski definition) is 6. The molecule has 1 heterocycles. The van der Waals surface area contributed by atoms with Crippen molar-refractivity contribution < 1.29 is 22.7 Å². The van der Waals surface area contributed by atoms with Gasteiger partial charge < -0.3 is 14.4 Å². The summed E-state index contributed by atoms with van der Waals surface area (Å²) >= 11 is 1.56. The lowest BCUT2D eigenvalue weighted by Gasteiger charge is -2.27. The van der Waals surface area contributed by atoms with Crippen molar-refractivity contribution in [2.24, 2.45) is 0 Å². The van der Waals surface area contributed by atoms with E-state index in [9.17, 15) is 13.2 Å². The van der Waals surface area contributed by atoms with Gasteiger partial charge >= 0.3 is 0 Å². The fourth-order valence-corrected chi connectivity index (χ4v) is 6.68. The van der Waals surface area contributed by atoms with Gasteiger partial charge in [0.15, 0.2) is 11.5 Å². The van der Waals surface area contributed by atoms with Crippen LogP contribution in [0.3, 0.4) is 0 Å². The van der Waals surface area contributed by atoms with Crippen LogP contribution < -0.4 is 9.47 Å². The Morgan fingerprint density at radius 1 is 0.974 bits per heavy atom. The van der Waals surface area contributed by atoms with Crippen LogP contribution in [-0.2, 0) is 27.8 Å². The van der Waals surface area contributed by atoms with Gasteiger partial charge in [0.1, 0.15) is 0 Å². The maximum atomic E-state index is 13.8. The molecule has 0 N–H and O–H groups in total. The molecule has 0 aliphatic carbocycles. The number of thiophene rings is 1. The van der Waals surface area contributed by atoms with Crippen LogP contribution in [0.4, 0.5) is 0 Å². The van der Waals surface area contributed by atoms with E-state index in [1.54, 1.807) is 54.7 Å². The van der Waals surface area contributed by atoms with Crippen LogP contribution in [0.1, 0.15) is 10.4 Å². The molecular formula is C30H32N2O5S2. The van der Waals surface area contributed by atoms with E-state index in [4.69, 9.17) is 9.47 Å². The number of amides is 1. The SMILES string of the molecule is C=CCN(CC(=O)N(CCc1ccc(OC)c(OC)c1)Cc1cccs1)S(=O)(=O)c1cccc2ccccc12. The van der Waals surface area contributed by atoms with Crippen molar-refractivity contribution in [2.45, 2.75) is 17.9 Å². The Labute approximate surface area is 233 Å². The monoisotopic (exact) mass is 564 g/mol. The first-order valence-electron chi connectivity index (χ1n) is 12.5. The number of carbonyl (C=O) groups excluding carboxylic acids is 1. The van der Waals surface area contributed by atoms with Crippen LogP contribution in [-0.4, -0.2) is 57.4 Å². The Kier molecular flexibility index (Phi) is 9.40. The summed E-state index contributed by atoms with van der Waals surface area (Å²) in [5.74, 6) is 0.963. The maximum Gasteiger partial charge on any atom is 0.244 e. The molecule has 1 aromatic heterocycles. The predicted molar refractivity (Wildman–Crippen MR) is 156 cm³/mol. The number of rotatable bonds is 13. The average molecular weight is 565 g/mol. The van der Waals surface area contributed by atoms with E-state index < -0.39 is 10.0 Å². The van der Waals surface area contributed by atoms with E-state index in [0.29, 0.717) is 36.4 Å². The third-order valence-electron chi connectivity index (χ3n) is 6.41. The van der Waals surface area contributed by atoms with E-state index in [1.165, 1.54) is 10.4 Å². The highest BCUT2D eigenvalue weighted by Gasteiger charge is 2.29. The van der Waals surface area contributed by atoms with Gasteiger partial charge in [0.2, 0.25) is 15.9 Å². The number of methoxy groups -OCH3 is 2. The van der Waals surface area contributed by atoms with Gasteiger partial charge in [-0.3, -0.25) is 4.79 Å². The topological polar surface area (TPSA) is 76.2 Å². The average Bonchev–Trinajstić information content (AvgIpc) is 3.47. The van der Waals surface area contributed by atoms with Crippen LogP contribution in [0.15, 0.2) is 95.7 Å². The van der Waals surface area contributed by atoms with Gasteiger partial charge in [-0.25, -0.2) is 8.42 Å². The quantitative estimate of drug-likeness (QED) is 0.204. The first kappa shape index (κ1) is 28.4. The Hall–Kier alpha value is -3.66. The molecule has 0 spiro atoms. The highest BCUT2D eigenvalue weighted by Crippen LogP contribution is 2.28. The van der Waals surface area contributed by atoms with Gasteiger partial charge in [-0.2, -0.15) is 4.31 Å². The summed E-state index contributed by atoms with van der Waals surface area (Å²) in [6.07, 6.45) is 2.07. The molecule has 3 aromatic carbocycles.